The minimum atomic E-state index is 0.0694. The lowest BCUT2D eigenvalue weighted by Gasteiger charge is -2.21. The van der Waals surface area contributed by atoms with Gasteiger partial charge in [0.25, 0.3) is 0 Å². The summed E-state index contributed by atoms with van der Waals surface area (Å²) in [4.78, 5) is 18.1. The number of hydrogen-bond acceptors (Lipinski definition) is 3. The van der Waals surface area contributed by atoms with Gasteiger partial charge in [0, 0.05) is 18.8 Å². The van der Waals surface area contributed by atoms with Gasteiger partial charge in [-0.3, -0.25) is 9.78 Å². The van der Waals surface area contributed by atoms with Gasteiger partial charge in [-0.25, -0.2) is 0 Å². The molecule has 0 saturated heterocycles. The van der Waals surface area contributed by atoms with Crippen molar-refractivity contribution in [3.05, 3.63) is 30.1 Å². The summed E-state index contributed by atoms with van der Waals surface area (Å²) in [5, 5.41) is 0. The third-order valence-electron chi connectivity index (χ3n) is 2.80. The van der Waals surface area contributed by atoms with E-state index in [0.29, 0.717) is 19.2 Å². The first-order valence-corrected chi connectivity index (χ1v) is 6.08. The Balaban J connectivity index is 1.95. The van der Waals surface area contributed by atoms with Gasteiger partial charge in [-0.05, 0) is 31.9 Å². The van der Waals surface area contributed by atoms with Gasteiger partial charge in [0.2, 0.25) is 5.91 Å². The molecule has 1 amide bonds. The molecule has 0 N–H and O–H groups in total. The molecule has 1 aliphatic carbocycles. The van der Waals surface area contributed by atoms with Crippen molar-refractivity contribution in [1.29, 1.82) is 0 Å². The second-order valence-corrected chi connectivity index (χ2v) is 4.21. The number of carbonyl (C=O) groups is 1. The third-order valence-corrected chi connectivity index (χ3v) is 2.80. The van der Waals surface area contributed by atoms with Crippen LogP contribution in [0.5, 0.6) is 0 Å². The first-order chi connectivity index (χ1) is 8.31. The average molecular weight is 234 g/mol. The first-order valence-electron chi connectivity index (χ1n) is 6.08. The average Bonchev–Trinajstić information content (AvgIpc) is 3.18. The molecule has 0 spiro atoms. The van der Waals surface area contributed by atoms with Crippen LogP contribution in [0.4, 0.5) is 0 Å². The van der Waals surface area contributed by atoms with Gasteiger partial charge in [-0.15, -0.1) is 0 Å². The zero-order chi connectivity index (χ0) is 12.1. The summed E-state index contributed by atoms with van der Waals surface area (Å²) in [5.74, 6) is 0.0694. The number of amides is 1. The van der Waals surface area contributed by atoms with Crippen molar-refractivity contribution in [1.82, 2.24) is 9.88 Å². The van der Waals surface area contributed by atoms with Crippen LogP contribution >= 0.6 is 0 Å². The topological polar surface area (TPSA) is 42.4 Å². The Kier molecular flexibility index (Phi) is 4.09. The number of rotatable bonds is 6. The molecule has 1 fully saturated rings. The van der Waals surface area contributed by atoms with E-state index in [1.165, 1.54) is 0 Å². The fourth-order valence-electron chi connectivity index (χ4n) is 1.75. The van der Waals surface area contributed by atoms with Gasteiger partial charge in [0.15, 0.2) is 0 Å². The molecule has 1 saturated carbocycles. The summed E-state index contributed by atoms with van der Waals surface area (Å²) < 4.78 is 5.18. The Hall–Kier alpha value is -1.42. The maximum absolute atomic E-state index is 12.0. The van der Waals surface area contributed by atoms with Crippen LogP contribution in [0.25, 0.3) is 0 Å². The Labute approximate surface area is 102 Å². The van der Waals surface area contributed by atoms with E-state index in [-0.39, 0.29) is 12.5 Å². The van der Waals surface area contributed by atoms with E-state index in [2.05, 4.69) is 4.98 Å². The SMILES string of the molecule is CCOCC(=O)N(Cc1ccccn1)C1CC1. The highest BCUT2D eigenvalue weighted by molar-refractivity contribution is 5.78. The molecule has 0 radical (unpaired) electrons. The number of carbonyl (C=O) groups excluding carboxylic acids is 1. The molecule has 4 nitrogen and oxygen atoms in total. The van der Waals surface area contributed by atoms with Crippen LogP contribution in [0.15, 0.2) is 24.4 Å². The fourth-order valence-corrected chi connectivity index (χ4v) is 1.75. The number of aromatic nitrogens is 1. The minimum absolute atomic E-state index is 0.0694. The van der Waals surface area contributed by atoms with Crippen LogP contribution in [0.2, 0.25) is 0 Å². The maximum Gasteiger partial charge on any atom is 0.249 e. The van der Waals surface area contributed by atoms with Crippen LogP contribution in [0.1, 0.15) is 25.5 Å². The molecule has 0 aromatic carbocycles. The predicted molar refractivity (Wildman–Crippen MR) is 64.3 cm³/mol. The molecule has 2 rings (SSSR count). The van der Waals surface area contributed by atoms with Gasteiger partial charge < -0.3 is 9.64 Å². The molecule has 92 valence electrons. The molecule has 1 aromatic rings. The van der Waals surface area contributed by atoms with E-state index in [4.69, 9.17) is 4.74 Å². The normalized spacial score (nSPS) is 14.6. The molecule has 0 unspecified atom stereocenters. The quantitative estimate of drug-likeness (QED) is 0.751. The van der Waals surface area contributed by atoms with E-state index in [0.717, 1.165) is 18.5 Å². The number of pyridine rings is 1. The van der Waals surface area contributed by atoms with Crippen LogP contribution in [0.3, 0.4) is 0 Å². The van der Waals surface area contributed by atoms with Crippen molar-refractivity contribution in [3.63, 3.8) is 0 Å². The highest BCUT2D eigenvalue weighted by Crippen LogP contribution is 2.28. The molecule has 0 aliphatic heterocycles. The van der Waals surface area contributed by atoms with Crippen LogP contribution < -0.4 is 0 Å². The summed E-state index contributed by atoms with van der Waals surface area (Å²) in [5.41, 5.74) is 0.934. The predicted octanol–water partition coefficient (Wildman–Crippen LogP) is 1.61. The highest BCUT2D eigenvalue weighted by atomic mass is 16.5. The lowest BCUT2D eigenvalue weighted by molar-refractivity contribution is -0.137. The summed E-state index contributed by atoms with van der Waals surface area (Å²) in [6, 6.07) is 6.17. The van der Waals surface area contributed by atoms with Gasteiger partial charge in [-0.2, -0.15) is 0 Å². The van der Waals surface area contributed by atoms with E-state index >= 15 is 0 Å². The van der Waals surface area contributed by atoms with Gasteiger partial charge >= 0.3 is 0 Å². The second kappa shape index (κ2) is 5.77. The summed E-state index contributed by atoms with van der Waals surface area (Å²) in [6.45, 7) is 3.25. The number of hydrogen-bond donors (Lipinski definition) is 0. The van der Waals surface area contributed by atoms with Crippen molar-refractivity contribution in [2.75, 3.05) is 13.2 Å². The molecule has 1 heterocycles. The van der Waals surface area contributed by atoms with E-state index in [1.807, 2.05) is 30.0 Å². The zero-order valence-electron chi connectivity index (χ0n) is 10.1. The molecular weight excluding hydrogens is 216 g/mol. The summed E-state index contributed by atoms with van der Waals surface area (Å²) in [7, 11) is 0. The van der Waals surface area contributed by atoms with E-state index in [1.54, 1.807) is 6.20 Å². The van der Waals surface area contributed by atoms with Crippen LogP contribution in [-0.2, 0) is 16.1 Å². The highest BCUT2D eigenvalue weighted by Gasteiger charge is 2.32. The van der Waals surface area contributed by atoms with E-state index < -0.39 is 0 Å². The lowest BCUT2D eigenvalue weighted by atomic mass is 10.3. The van der Waals surface area contributed by atoms with Crippen LogP contribution in [0, 0.1) is 0 Å². The summed E-state index contributed by atoms with van der Waals surface area (Å²) in [6.07, 6.45) is 3.96. The maximum atomic E-state index is 12.0. The van der Waals surface area contributed by atoms with Crippen molar-refractivity contribution in [2.45, 2.75) is 32.4 Å². The summed E-state index contributed by atoms with van der Waals surface area (Å²) >= 11 is 0. The Morgan fingerprint density at radius 1 is 1.53 bits per heavy atom. The fraction of sp³-hybridized carbons (Fsp3) is 0.538. The minimum Gasteiger partial charge on any atom is -0.372 e. The second-order valence-electron chi connectivity index (χ2n) is 4.21. The monoisotopic (exact) mass is 234 g/mol. The molecule has 4 heteroatoms. The van der Waals surface area contributed by atoms with Crippen molar-refractivity contribution >= 4 is 5.91 Å². The van der Waals surface area contributed by atoms with Crippen molar-refractivity contribution in [2.24, 2.45) is 0 Å². The first kappa shape index (κ1) is 12.0. The Morgan fingerprint density at radius 3 is 2.94 bits per heavy atom. The van der Waals surface area contributed by atoms with Gasteiger partial charge in [0.1, 0.15) is 6.61 Å². The van der Waals surface area contributed by atoms with Crippen molar-refractivity contribution in [3.8, 4) is 0 Å². The Bertz CT molecular complexity index is 363. The third kappa shape index (κ3) is 3.53. The molecule has 0 atom stereocenters. The lowest BCUT2D eigenvalue weighted by Crippen LogP contribution is -2.35. The Morgan fingerprint density at radius 2 is 2.35 bits per heavy atom. The molecule has 0 bridgehead atoms. The molecular formula is C13H18N2O2. The molecule has 17 heavy (non-hydrogen) atoms. The van der Waals surface area contributed by atoms with Gasteiger partial charge in [0.05, 0.1) is 12.2 Å². The van der Waals surface area contributed by atoms with E-state index in [9.17, 15) is 4.79 Å². The standard InChI is InChI=1S/C13H18N2O2/c1-2-17-10-13(16)15(12-6-7-12)9-11-5-3-4-8-14-11/h3-5,8,12H,2,6-7,9-10H2,1H3. The smallest absolute Gasteiger partial charge is 0.249 e. The number of ether oxygens (including phenoxy) is 1. The molecule has 1 aromatic heterocycles. The zero-order valence-corrected chi connectivity index (χ0v) is 10.1. The largest absolute Gasteiger partial charge is 0.372 e. The van der Waals surface area contributed by atoms with Crippen LogP contribution in [-0.4, -0.2) is 35.0 Å². The van der Waals surface area contributed by atoms with Crippen molar-refractivity contribution < 1.29 is 9.53 Å². The molecule has 1 aliphatic rings. The van der Waals surface area contributed by atoms with Gasteiger partial charge in [-0.1, -0.05) is 6.07 Å². The number of nitrogens with zero attached hydrogens (tertiary/aromatic N) is 2.